The van der Waals surface area contributed by atoms with Crippen LogP contribution in [0, 0.1) is 12.8 Å². The molecular weight excluding hydrogens is 244 g/mol. The van der Waals surface area contributed by atoms with Crippen LogP contribution in [0.3, 0.4) is 0 Å². The summed E-state index contributed by atoms with van der Waals surface area (Å²) in [5, 5.41) is 8.90. The molecule has 3 heteroatoms. The molecule has 100 valence electrons. The Labute approximate surface area is 114 Å². The maximum atomic E-state index is 10.8. The Hall–Kier alpha value is -1.27. The van der Waals surface area contributed by atoms with Crippen molar-refractivity contribution in [3.63, 3.8) is 0 Å². The Morgan fingerprint density at radius 3 is 2.56 bits per heavy atom. The number of fused-ring (bicyclic) bond motifs is 1. The van der Waals surface area contributed by atoms with Gasteiger partial charge in [-0.3, -0.25) is 0 Å². The van der Waals surface area contributed by atoms with Crippen LogP contribution >= 0.6 is 11.3 Å². The summed E-state index contributed by atoms with van der Waals surface area (Å²) in [7, 11) is 0. The molecule has 0 unspecified atom stereocenters. The SMILES string of the molecule is C#C.CC.C[C@H]1CCCCc2cc(C(=O)O)sc21. The summed E-state index contributed by atoms with van der Waals surface area (Å²) in [6, 6.07) is 1.87. The molecule has 0 aliphatic heterocycles. The normalized spacial score (nSPS) is 17.1. The average Bonchev–Trinajstić information content (AvgIpc) is 2.76. The molecule has 1 aromatic rings. The number of hydrogen-bond donors (Lipinski definition) is 1. The maximum Gasteiger partial charge on any atom is 0.345 e. The van der Waals surface area contributed by atoms with E-state index in [1.807, 2.05) is 19.9 Å². The first-order valence-corrected chi connectivity index (χ1v) is 7.19. The fraction of sp³-hybridized carbons (Fsp3) is 0.533. The third kappa shape index (κ3) is 4.19. The van der Waals surface area contributed by atoms with Gasteiger partial charge in [0.2, 0.25) is 0 Å². The van der Waals surface area contributed by atoms with Crippen LogP contribution in [0.15, 0.2) is 6.07 Å². The minimum atomic E-state index is -0.782. The van der Waals surface area contributed by atoms with E-state index in [1.165, 1.54) is 41.0 Å². The first-order valence-electron chi connectivity index (χ1n) is 6.37. The highest BCUT2D eigenvalue weighted by Crippen LogP contribution is 2.36. The van der Waals surface area contributed by atoms with Crippen LogP contribution in [0.1, 0.15) is 66.1 Å². The van der Waals surface area contributed by atoms with Gasteiger partial charge in [0.1, 0.15) is 4.88 Å². The zero-order valence-corrected chi connectivity index (χ0v) is 12.2. The fourth-order valence-corrected chi connectivity index (χ4v) is 3.19. The second kappa shape index (κ2) is 8.77. The van der Waals surface area contributed by atoms with E-state index < -0.39 is 5.97 Å². The molecule has 0 radical (unpaired) electrons. The van der Waals surface area contributed by atoms with Crippen LogP contribution in [0.2, 0.25) is 0 Å². The predicted molar refractivity (Wildman–Crippen MR) is 78.5 cm³/mol. The van der Waals surface area contributed by atoms with Crippen molar-refractivity contribution in [3.05, 3.63) is 21.4 Å². The average molecular weight is 266 g/mol. The van der Waals surface area contributed by atoms with Crippen LogP contribution in [0.25, 0.3) is 0 Å². The van der Waals surface area contributed by atoms with Gasteiger partial charge < -0.3 is 5.11 Å². The summed E-state index contributed by atoms with van der Waals surface area (Å²) in [6.07, 6.45) is 12.7. The highest BCUT2D eigenvalue weighted by molar-refractivity contribution is 7.14. The van der Waals surface area contributed by atoms with Crippen molar-refractivity contribution >= 4 is 17.3 Å². The summed E-state index contributed by atoms with van der Waals surface area (Å²) in [4.78, 5) is 12.6. The molecule has 0 saturated heterocycles. The highest BCUT2D eigenvalue weighted by atomic mass is 32.1. The van der Waals surface area contributed by atoms with E-state index >= 15 is 0 Å². The first kappa shape index (κ1) is 16.7. The second-order valence-corrected chi connectivity index (χ2v) is 5.04. The molecule has 2 nitrogen and oxygen atoms in total. The highest BCUT2D eigenvalue weighted by Gasteiger charge is 2.20. The molecule has 1 aliphatic rings. The smallest absolute Gasteiger partial charge is 0.345 e. The Morgan fingerprint density at radius 1 is 1.39 bits per heavy atom. The molecule has 1 aromatic heterocycles. The van der Waals surface area contributed by atoms with Gasteiger partial charge >= 0.3 is 5.97 Å². The lowest BCUT2D eigenvalue weighted by atomic mass is 10.0. The predicted octanol–water partition coefficient (Wildman–Crippen LogP) is 4.55. The topological polar surface area (TPSA) is 37.3 Å². The molecule has 18 heavy (non-hydrogen) atoms. The molecule has 2 rings (SSSR count). The van der Waals surface area contributed by atoms with E-state index in [0.29, 0.717) is 10.8 Å². The number of aromatic carboxylic acids is 1. The lowest BCUT2D eigenvalue weighted by Crippen LogP contribution is -1.90. The fourth-order valence-electron chi connectivity index (χ4n) is 2.06. The zero-order valence-electron chi connectivity index (χ0n) is 11.4. The minimum absolute atomic E-state index is 0.503. The van der Waals surface area contributed by atoms with E-state index in [0.717, 1.165) is 6.42 Å². The molecule has 0 spiro atoms. The number of rotatable bonds is 1. The van der Waals surface area contributed by atoms with Crippen molar-refractivity contribution in [2.75, 3.05) is 0 Å². The monoisotopic (exact) mass is 266 g/mol. The quantitative estimate of drug-likeness (QED) is 0.598. The summed E-state index contributed by atoms with van der Waals surface area (Å²) < 4.78 is 0. The van der Waals surface area contributed by atoms with E-state index in [-0.39, 0.29) is 0 Å². The lowest BCUT2D eigenvalue weighted by Gasteiger charge is -2.05. The molecule has 1 heterocycles. The largest absolute Gasteiger partial charge is 0.477 e. The number of hydrogen-bond acceptors (Lipinski definition) is 2. The Balaban J connectivity index is 0.000000659. The molecule has 1 aliphatic carbocycles. The molecular formula is C15H22O2S. The summed E-state index contributed by atoms with van der Waals surface area (Å²) >= 11 is 1.47. The molecule has 0 amide bonds. The van der Waals surface area contributed by atoms with Gasteiger partial charge in [-0.25, -0.2) is 4.79 Å². The third-order valence-corrected chi connectivity index (χ3v) is 4.23. The number of thiophene rings is 1. The van der Waals surface area contributed by atoms with Crippen molar-refractivity contribution in [3.8, 4) is 12.8 Å². The molecule has 0 saturated carbocycles. The van der Waals surface area contributed by atoms with Gasteiger partial charge in [0.15, 0.2) is 0 Å². The third-order valence-electron chi connectivity index (χ3n) is 2.83. The molecule has 1 N–H and O–H groups in total. The molecule has 0 aromatic carbocycles. The number of aryl methyl sites for hydroxylation is 1. The van der Waals surface area contributed by atoms with Crippen LogP contribution < -0.4 is 0 Å². The van der Waals surface area contributed by atoms with Crippen LogP contribution in [0.4, 0.5) is 0 Å². The standard InChI is InChI=1S/C11H14O2S.C2H6.C2H2/c1-7-4-2-3-5-8-6-9(11(12)13)14-10(7)8;2*1-2/h6-7H,2-5H2,1H3,(H,12,13);1-2H3;1-2H/t7-;;/m0../s1. The molecule has 0 fully saturated rings. The lowest BCUT2D eigenvalue weighted by molar-refractivity contribution is 0.0702. The Bertz CT molecular complexity index is 390. The number of carboxylic acid groups (broad SMARTS) is 1. The van der Waals surface area contributed by atoms with Crippen LogP contribution in [-0.4, -0.2) is 11.1 Å². The van der Waals surface area contributed by atoms with Crippen molar-refractivity contribution in [2.45, 2.75) is 52.4 Å². The summed E-state index contributed by atoms with van der Waals surface area (Å²) in [5.74, 6) is -0.235. The van der Waals surface area contributed by atoms with Gasteiger partial charge in [0.25, 0.3) is 0 Å². The van der Waals surface area contributed by atoms with Crippen LogP contribution in [0.5, 0.6) is 0 Å². The first-order chi connectivity index (χ1) is 8.68. The van der Waals surface area contributed by atoms with Crippen molar-refractivity contribution in [1.82, 2.24) is 0 Å². The minimum Gasteiger partial charge on any atom is -0.477 e. The zero-order chi connectivity index (χ0) is 14.1. The summed E-state index contributed by atoms with van der Waals surface area (Å²) in [5.41, 5.74) is 1.28. The van der Waals surface area contributed by atoms with E-state index in [4.69, 9.17) is 5.11 Å². The Kier molecular flexibility index (Phi) is 8.15. The van der Waals surface area contributed by atoms with Gasteiger partial charge in [0.05, 0.1) is 0 Å². The summed E-state index contributed by atoms with van der Waals surface area (Å²) in [6.45, 7) is 6.20. The van der Waals surface area contributed by atoms with Gasteiger partial charge in [-0.2, -0.15) is 0 Å². The van der Waals surface area contributed by atoms with Crippen molar-refractivity contribution < 1.29 is 9.90 Å². The molecule has 1 atom stereocenters. The molecule has 0 bridgehead atoms. The van der Waals surface area contributed by atoms with Gasteiger partial charge in [-0.1, -0.05) is 27.2 Å². The number of carboxylic acids is 1. The van der Waals surface area contributed by atoms with E-state index in [2.05, 4.69) is 19.8 Å². The van der Waals surface area contributed by atoms with E-state index in [9.17, 15) is 4.79 Å². The Morgan fingerprint density at radius 2 is 2.00 bits per heavy atom. The van der Waals surface area contributed by atoms with Gasteiger partial charge in [-0.05, 0) is 36.8 Å². The van der Waals surface area contributed by atoms with Crippen molar-refractivity contribution in [2.24, 2.45) is 0 Å². The second-order valence-electron chi connectivity index (χ2n) is 3.95. The van der Waals surface area contributed by atoms with Gasteiger partial charge in [0, 0.05) is 4.88 Å². The number of carbonyl (C=O) groups is 1. The van der Waals surface area contributed by atoms with E-state index in [1.54, 1.807) is 0 Å². The maximum absolute atomic E-state index is 10.8. The van der Waals surface area contributed by atoms with Crippen LogP contribution in [-0.2, 0) is 6.42 Å². The number of terminal acetylenes is 1. The van der Waals surface area contributed by atoms with Gasteiger partial charge in [-0.15, -0.1) is 24.2 Å². The van der Waals surface area contributed by atoms with Crippen molar-refractivity contribution in [1.29, 1.82) is 0 Å².